The molecule has 0 aliphatic carbocycles. The summed E-state index contributed by atoms with van der Waals surface area (Å²) in [6.45, 7) is 7.94. The molecule has 0 amide bonds. The van der Waals surface area contributed by atoms with Gasteiger partial charge >= 0.3 is 5.97 Å². The average Bonchev–Trinajstić information content (AvgIpc) is 2.50. The number of aryl methyl sites for hydroxylation is 1. The van der Waals surface area contributed by atoms with Crippen molar-refractivity contribution >= 4 is 5.97 Å². The lowest BCUT2D eigenvalue weighted by atomic mass is 9.96. The van der Waals surface area contributed by atoms with E-state index in [2.05, 4.69) is 30.0 Å². The van der Waals surface area contributed by atoms with Crippen LogP contribution in [-0.4, -0.2) is 30.6 Å². The van der Waals surface area contributed by atoms with Gasteiger partial charge in [0.25, 0.3) is 0 Å². The van der Waals surface area contributed by atoms with Crippen LogP contribution in [0.15, 0.2) is 18.2 Å². The normalized spacial score (nSPS) is 16.9. The molecule has 1 fully saturated rings. The maximum absolute atomic E-state index is 11.7. The molecule has 0 unspecified atom stereocenters. The zero-order chi connectivity index (χ0) is 15.2. The topological polar surface area (TPSA) is 55.6 Å². The predicted octanol–water partition coefficient (Wildman–Crippen LogP) is 2.23. The smallest absolute Gasteiger partial charge is 0.309 e. The number of benzene rings is 1. The van der Waals surface area contributed by atoms with E-state index in [1.165, 1.54) is 16.7 Å². The molecule has 0 saturated carbocycles. The highest BCUT2D eigenvalue weighted by Gasteiger charge is 2.25. The second-order valence-corrected chi connectivity index (χ2v) is 5.77. The van der Waals surface area contributed by atoms with Gasteiger partial charge < -0.3 is 10.5 Å². The Morgan fingerprint density at radius 3 is 2.67 bits per heavy atom. The summed E-state index contributed by atoms with van der Waals surface area (Å²) >= 11 is 0. The molecule has 4 heteroatoms. The molecule has 0 bridgehead atoms. The number of nitrogens with zero attached hydrogens (tertiary/aromatic N) is 1. The Balaban J connectivity index is 1.87. The van der Waals surface area contributed by atoms with E-state index in [0.717, 1.165) is 32.5 Å². The SMILES string of the molecule is CCOC(=O)C1CCN(Cc2ccc(CN)cc2C)CC1. The molecule has 1 aromatic carbocycles. The van der Waals surface area contributed by atoms with E-state index in [9.17, 15) is 4.79 Å². The number of piperidine rings is 1. The van der Waals surface area contributed by atoms with E-state index < -0.39 is 0 Å². The zero-order valence-electron chi connectivity index (χ0n) is 13.1. The summed E-state index contributed by atoms with van der Waals surface area (Å²) in [7, 11) is 0. The van der Waals surface area contributed by atoms with Crippen molar-refractivity contribution < 1.29 is 9.53 Å². The van der Waals surface area contributed by atoms with Crippen molar-refractivity contribution in [1.29, 1.82) is 0 Å². The van der Waals surface area contributed by atoms with Crippen LogP contribution < -0.4 is 5.73 Å². The van der Waals surface area contributed by atoms with Crippen molar-refractivity contribution in [3.63, 3.8) is 0 Å². The lowest BCUT2D eigenvalue weighted by molar-refractivity contribution is -0.149. The third-order valence-electron chi connectivity index (χ3n) is 4.24. The molecule has 0 radical (unpaired) electrons. The maximum atomic E-state index is 11.7. The van der Waals surface area contributed by atoms with Crippen LogP contribution in [-0.2, 0) is 22.6 Å². The molecule has 2 N–H and O–H groups in total. The number of hydrogen-bond acceptors (Lipinski definition) is 4. The molecule has 1 aromatic rings. The summed E-state index contributed by atoms with van der Waals surface area (Å²) < 4.78 is 5.11. The summed E-state index contributed by atoms with van der Waals surface area (Å²) in [5.41, 5.74) is 9.49. The molecule has 116 valence electrons. The number of rotatable bonds is 5. The minimum atomic E-state index is -0.0272. The second-order valence-electron chi connectivity index (χ2n) is 5.77. The lowest BCUT2D eigenvalue weighted by Crippen LogP contribution is -2.36. The largest absolute Gasteiger partial charge is 0.466 e. The molecule has 1 heterocycles. The van der Waals surface area contributed by atoms with Crippen molar-refractivity contribution in [3.8, 4) is 0 Å². The minimum Gasteiger partial charge on any atom is -0.466 e. The first-order chi connectivity index (χ1) is 10.1. The van der Waals surface area contributed by atoms with Gasteiger partial charge in [-0.15, -0.1) is 0 Å². The van der Waals surface area contributed by atoms with Gasteiger partial charge in [-0.2, -0.15) is 0 Å². The summed E-state index contributed by atoms with van der Waals surface area (Å²) in [5, 5.41) is 0. The summed E-state index contributed by atoms with van der Waals surface area (Å²) in [6, 6.07) is 6.45. The van der Waals surface area contributed by atoms with Gasteiger partial charge in [-0.3, -0.25) is 9.69 Å². The summed E-state index contributed by atoms with van der Waals surface area (Å²) in [6.07, 6.45) is 1.80. The number of carbonyl (C=O) groups is 1. The summed E-state index contributed by atoms with van der Waals surface area (Å²) in [4.78, 5) is 14.2. The highest BCUT2D eigenvalue weighted by Crippen LogP contribution is 2.21. The molecule has 1 saturated heterocycles. The minimum absolute atomic E-state index is 0.0272. The number of esters is 1. The number of carbonyl (C=O) groups excluding carboxylic acids is 1. The Labute approximate surface area is 127 Å². The molecule has 2 rings (SSSR count). The molecule has 21 heavy (non-hydrogen) atoms. The van der Waals surface area contributed by atoms with Crippen LogP contribution in [0.25, 0.3) is 0 Å². The Bertz CT molecular complexity index is 480. The van der Waals surface area contributed by atoms with Gasteiger partial charge in [0.2, 0.25) is 0 Å². The first kappa shape index (κ1) is 16.0. The van der Waals surface area contributed by atoms with E-state index in [-0.39, 0.29) is 11.9 Å². The van der Waals surface area contributed by atoms with Crippen molar-refractivity contribution in [2.24, 2.45) is 11.7 Å². The van der Waals surface area contributed by atoms with Gasteiger partial charge in [-0.1, -0.05) is 18.2 Å². The van der Waals surface area contributed by atoms with Crippen LogP contribution >= 0.6 is 0 Å². The van der Waals surface area contributed by atoms with Gasteiger partial charge in [-0.05, 0) is 56.5 Å². The molecular formula is C17H26N2O2. The highest BCUT2D eigenvalue weighted by atomic mass is 16.5. The van der Waals surface area contributed by atoms with E-state index in [1.807, 2.05) is 6.92 Å². The van der Waals surface area contributed by atoms with Gasteiger partial charge in [-0.25, -0.2) is 0 Å². The monoisotopic (exact) mass is 290 g/mol. The van der Waals surface area contributed by atoms with Gasteiger partial charge in [0.1, 0.15) is 0 Å². The first-order valence-corrected chi connectivity index (χ1v) is 7.81. The van der Waals surface area contributed by atoms with Crippen LogP contribution in [0.5, 0.6) is 0 Å². The van der Waals surface area contributed by atoms with Crippen molar-refractivity contribution in [2.75, 3.05) is 19.7 Å². The Morgan fingerprint density at radius 2 is 2.10 bits per heavy atom. The zero-order valence-corrected chi connectivity index (χ0v) is 13.1. The molecule has 4 nitrogen and oxygen atoms in total. The fraction of sp³-hybridized carbons (Fsp3) is 0.588. The van der Waals surface area contributed by atoms with Crippen molar-refractivity contribution in [3.05, 3.63) is 34.9 Å². The van der Waals surface area contributed by atoms with Gasteiger partial charge in [0.05, 0.1) is 12.5 Å². The van der Waals surface area contributed by atoms with Crippen LogP contribution in [0.1, 0.15) is 36.5 Å². The van der Waals surface area contributed by atoms with E-state index in [1.54, 1.807) is 0 Å². The highest BCUT2D eigenvalue weighted by molar-refractivity contribution is 5.72. The number of likely N-dealkylation sites (tertiary alicyclic amines) is 1. The number of hydrogen-bond donors (Lipinski definition) is 1. The van der Waals surface area contributed by atoms with E-state index in [4.69, 9.17) is 10.5 Å². The molecule has 0 atom stereocenters. The summed E-state index contributed by atoms with van der Waals surface area (Å²) in [5.74, 6) is 0.0579. The molecule has 0 spiro atoms. The molecular weight excluding hydrogens is 264 g/mol. The van der Waals surface area contributed by atoms with Crippen LogP contribution in [0, 0.1) is 12.8 Å². The van der Waals surface area contributed by atoms with Gasteiger partial charge in [0.15, 0.2) is 0 Å². The Kier molecular flexibility index (Phi) is 5.76. The Morgan fingerprint density at radius 1 is 1.38 bits per heavy atom. The van der Waals surface area contributed by atoms with E-state index in [0.29, 0.717) is 13.2 Å². The van der Waals surface area contributed by atoms with Crippen LogP contribution in [0.3, 0.4) is 0 Å². The molecule has 1 aliphatic rings. The van der Waals surface area contributed by atoms with Gasteiger partial charge in [0, 0.05) is 13.1 Å². The average molecular weight is 290 g/mol. The quantitative estimate of drug-likeness (QED) is 0.845. The third-order valence-corrected chi connectivity index (χ3v) is 4.24. The standard InChI is InChI=1S/C17H26N2O2/c1-3-21-17(20)15-6-8-19(9-7-15)12-16-5-4-14(11-18)10-13(16)2/h4-5,10,15H,3,6-9,11-12,18H2,1-2H3. The van der Waals surface area contributed by atoms with Crippen molar-refractivity contribution in [2.45, 2.75) is 39.8 Å². The fourth-order valence-electron chi connectivity index (χ4n) is 2.89. The van der Waals surface area contributed by atoms with Crippen molar-refractivity contribution in [1.82, 2.24) is 4.90 Å². The second kappa shape index (κ2) is 7.57. The van der Waals surface area contributed by atoms with E-state index >= 15 is 0 Å². The predicted molar refractivity (Wildman–Crippen MR) is 83.7 cm³/mol. The number of ether oxygens (including phenoxy) is 1. The Hall–Kier alpha value is -1.39. The fourth-order valence-corrected chi connectivity index (χ4v) is 2.89. The third kappa shape index (κ3) is 4.29. The maximum Gasteiger partial charge on any atom is 0.309 e. The molecule has 1 aliphatic heterocycles. The molecule has 0 aromatic heterocycles. The lowest BCUT2D eigenvalue weighted by Gasteiger charge is -2.31. The number of nitrogens with two attached hydrogens (primary N) is 1. The first-order valence-electron chi connectivity index (χ1n) is 7.81. The van der Waals surface area contributed by atoms with Crippen LogP contribution in [0.4, 0.5) is 0 Å². The van der Waals surface area contributed by atoms with Crippen LogP contribution in [0.2, 0.25) is 0 Å².